The summed E-state index contributed by atoms with van der Waals surface area (Å²) in [6.07, 6.45) is 4.50. The zero-order valence-electron chi connectivity index (χ0n) is 13.4. The number of aromatic nitrogens is 4. The first-order valence-corrected chi connectivity index (χ1v) is 7.73. The lowest BCUT2D eigenvalue weighted by atomic mass is 10.1. The van der Waals surface area contributed by atoms with Crippen LogP contribution in [0, 0.1) is 0 Å². The van der Waals surface area contributed by atoms with Gasteiger partial charge in [-0.1, -0.05) is 6.07 Å². The van der Waals surface area contributed by atoms with E-state index in [1.54, 1.807) is 18.3 Å². The number of carbonyl (C=O) groups excluding carboxylic acids is 1. The summed E-state index contributed by atoms with van der Waals surface area (Å²) in [5.41, 5.74) is 1.34. The molecule has 126 valence electrons. The highest BCUT2D eigenvalue weighted by atomic mass is 16.7. The van der Waals surface area contributed by atoms with Gasteiger partial charge in [0, 0.05) is 6.20 Å². The largest absolute Gasteiger partial charge is 0.454 e. The number of hydrogen-bond acceptors (Lipinski definition) is 6. The number of hydrogen-bond donors (Lipinski definition) is 1. The van der Waals surface area contributed by atoms with E-state index < -0.39 is 0 Å². The SMILES string of the molecule is CC(NC(=O)c1cccnc1-n1cncn1)c1ccc2c(c1)OCO2. The molecule has 2 aromatic heterocycles. The maximum absolute atomic E-state index is 12.7. The van der Waals surface area contributed by atoms with Crippen LogP contribution in [0.15, 0.2) is 49.2 Å². The molecule has 1 N–H and O–H groups in total. The summed E-state index contributed by atoms with van der Waals surface area (Å²) in [7, 11) is 0. The lowest BCUT2D eigenvalue weighted by Crippen LogP contribution is -2.28. The number of amides is 1. The van der Waals surface area contributed by atoms with Gasteiger partial charge in [0.1, 0.15) is 12.7 Å². The molecule has 4 rings (SSSR count). The molecule has 1 aliphatic heterocycles. The number of pyridine rings is 1. The summed E-state index contributed by atoms with van der Waals surface area (Å²) >= 11 is 0. The smallest absolute Gasteiger partial charge is 0.255 e. The summed E-state index contributed by atoms with van der Waals surface area (Å²) in [6, 6.07) is 8.80. The Morgan fingerprint density at radius 3 is 3.00 bits per heavy atom. The Bertz CT molecular complexity index is 910. The number of fused-ring (bicyclic) bond motifs is 1. The van der Waals surface area contributed by atoms with Gasteiger partial charge in [0.15, 0.2) is 17.3 Å². The normalized spacial score (nSPS) is 13.5. The maximum Gasteiger partial charge on any atom is 0.255 e. The summed E-state index contributed by atoms with van der Waals surface area (Å²) in [4.78, 5) is 20.8. The van der Waals surface area contributed by atoms with Crippen molar-refractivity contribution >= 4 is 5.91 Å². The quantitative estimate of drug-likeness (QED) is 0.782. The predicted octanol–water partition coefficient (Wildman–Crippen LogP) is 1.88. The van der Waals surface area contributed by atoms with Gasteiger partial charge in [-0.25, -0.2) is 14.6 Å². The Kier molecular flexibility index (Phi) is 3.77. The van der Waals surface area contributed by atoms with E-state index in [0.717, 1.165) is 5.56 Å². The number of nitrogens with one attached hydrogen (secondary N) is 1. The third kappa shape index (κ3) is 2.89. The van der Waals surface area contributed by atoms with Gasteiger partial charge in [-0.2, -0.15) is 5.10 Å². The van der Waals surface area contributed by atoms with Crippen LogP contribution in [-0.4, -0.2) is 32.4 Å². The number of ether oxygens (including phenoxy) is 2. The van der Waals surface area contributed by atoms with Crippen molar-refractivity contribution < 1.29 is 14.3 Å². The molecule has 0 aliphatic carbocycles. The van der Waals surface area contributed by atoms with Gasteiger partial charge in [0.25, 0.3) is 5.91 Å². The molecule has 1 atom stereocenters. The van der Waals surface area contributed by atoms with E-state index in [-0.39, 0.29) is 18.7 Å². The number of nitrogens with zero attached hydrogens (tertiary/aromatic N) is 4. The van der Waals surface area contributed by atoms with Crippen molar-refractivity contribution in [2.45, 2.75) is 13.0 Å². The van der Waals surface area contributed by atoms with E-state index in [9.17, 15) is 4.79 Å². The second kappa shape index (κ2) is 6.23. The zero-order chi connectivity index (χ0) is 17.2. The van der Waals surface area contributed by atoms with Gasteiger partial charge in [0.05, 0.1) is 11.6 Å². The van der Waals surface area contributed by atoms with Gasteiger partial charge in [-0.3, -0.25) is 4.79 Å². The minimum atomic E-state index is -0.247. The van der Waals surface area contributed by atoms with Crippen molar-refractivity contribution in [1.29, 1.82) is 0 Å². The predicted molar refractivity (Wildman–Crippen MR) is 87.6 cm³/mol. The van der Waals surface area contributed by atoms with Crippen molar-refractivity contribution in [2.24, 2.45) is 0 Å². The summed E-state index contributed by atoms with van der Waals surface area (Å²) < 4.78 is 12.1. The first-order valence-electron chi connectivity index (χ1n) is 7.73. The summed E-state index contributed by atoms with van der Waals surface area (Å²) in [5, 5.41) is 7.01. The van der Waals surface area contributed by atoms with Gasteiger partial charge in [-0.05, 0) is 36.8 Å². The maximum atomic E-state index is 12.7. The Labute approximate surface area is 143 Å². The molecule has 0 bridgehead atoms. The second-order valence-electron chi connectivity index (χ2n) is 5.52. The van der Waals surface area contributed by atoms with Gasteiger partial charge in [0.2, 0.25) is 6.79 Å². The molecule has 0 radical (unpaired) electrons. The lowest BCUT2D eigenvalue weighted by Gasteiger charge is -2.16. The fraction of sp³-hybridized carbons (Fsp3) is 0.176. The Hall–Kier alpha value is -3.42. The molecule has 1 aromatic carbocycles. The number of rotatable bonds is 4. The molecule has 0 saturated heterocycles. The molecular weight excluding hydrogens is 322 g/mol. The van der Waals surface area contributed by atoms with Crippen LogP contribution in [0.5, 0.6) is 11.5 Å². The molecule has 0 fully saturated rings. The fourth-order valence-corrected chi connectivity index (χ4v) is 2.61. The molecule has 0 spiro atoms. The van der Waals surface area contributed by atoms with Crippen LogP contribution in [0.25, 0.3) is 5.82 Å². The molecule has 1 unspecified atom stereocenters. The molecule has 1 amide bonds. The topological polar surface area (TPSA) is 91.2 Å². The standard InChI is InChI=1S/C17H15N5O3/c1-11(12-4-5-14-15(7-12)25-10-24-14)21-17(23)13-3-2-6-19-16(13)22-9-18-8-20-22/h2-9,11H,10H2,1H3,(H,21,23). The fourth-order valence-electron chi connectivity index (χ4n) is 2.61. The molecule has 8 heteroatoms. The Morgan fingerprint density at radius 1 is 1.28 bits per heavy atom. The van der Waals surface area contributed by atoms with Crippen molar-refractivity contribution in [1.82, 2.24) is 25.1 Å². The van der Waals surface area contributed by atoms with Crippen LogP contribution in [0.3, 0.4) is 0 Å². The van der Waals surface area contributed by atoms with Crippen LogP contribution in [0.1, 0.15) is 28.9 Å². The number of benzene rings is 1. The first kappa shape index (κ1) is 15.1. The third-order valence-corrected chi connectivity index (χ3v) is 3.91. The van der Waals surface area contributed by atoms with Crippen molar-refractivity contribution in [2.75, 3.05) is 6.79 Å². The average Bonchev–Trinajstić information content (AvgIpc) is 3.32. The van der Waals surface area contributed by atoms with Crippen LogP contribution >= 0.6 is 0 Å². The number of carbonyl (C=O) groups is 1. The molecule has 25 heavy (non-hydrogen) atoms. The van der Waals surface area contributed by atoms with Crippen LogP contribution in [0.2, 0.25) is 0 Å². The van der Waals surface area contributed by atoms with Crippen molar-refractivity contribution in [3.63, 3.8) is 0 Å². The molecule has 1 aliphatic rings. The van der Waals surface area contributed by atoms with E-state index in [1.807, 2.05) is 25.1 Å². The highest BCUT2D eigenvalue weighted by Crippen LogP contribution is 2.34. The highest BCUT2D eigenvalue weighted by molar-refractivity contribution is 5.97. The molecule has 0 saturated carbocycles. The highest BCUT2D eigenvalue weighted by Gasteiger charge is 2.19. The third-order valence-electron chi connectivity index (χ3n) is 3.91. The Morgan fingerprint density at radius 2 is 2.16 bits per heavy atom. The summed E-state index contributed by atoms with van der Waals surface area (Å²) in [5.74, 6) is 1.57. The van der Waals surface area contributed by atoms with E-state index in [2.05, 4.69) is 20.4 Å². The lowest BCUT2D eigenvalue weighted by molar-refractivity contribution is 0.0939. The zero-order valence-corrected chi connectivity index (χ0v) is 13.4. The Balaban J connectivity index is 1.56. The summed E-state index contributed by atoms with van der Waals surface area (Å²) in [6.45, 7) is 2.12. The van der Waals surface area contributed by atoms with E-state index in [1.165, 1.54) is 17.3 Å². The molecular formula is C17H15N5O3. The molecule has 3 aromatic rings. The van der Waals surface area contributed by atoms with Gasteiger partial charge < -0.3 is 14.8 Å². The second-order valence-corrected chi connectivity index (χ2v) is 5.52. The monoisotopic (exact) mass is 337 g/mol. The van der Waals surface area contributed by atoms with E-state index in [4.69, 9.17) is 9.47 Å². The first-order chi connectivity index (χ1) is 12.2. The average molecular weight is 337 g/mol. The van der Waals surface area contributed by atoms with Crippen molar-refractivity contribution in [3.05, 3.63) is 60.3 Å². The van der Waals surface area contributed by atoms with Gasteiger partial charge in [-0.15, -0.1) is 0 Å². The minimum absolute atomic E-state index is 0.217. The molecule has 8 nitrogen and oxygen atoms in total. The van der Waals surface area contributed by atoms with E-state index >= 15 is 0 Å². The van der Waals surface area contributed by atoms with Crippen LogP contribution < -0.4 is 14.8 Å². The molecule has 3 heterocycles. The van der Waals surface area contributed by atoms with Crippen LogP contribution in [-0.2, 0) is 0 Å². The van der Waals surface area contributed by atoms with Gasteiger partial charge >= 0.3 is 0 Å². The van der Waals surface area contributed by atoms with E-state index in [0.29, 0.717) is 22.9 Å². The van der Waals surface area contributed by atoms with Crippen LogP contribution in [0.4, 0.5) is 0 Å². The minimum Gasteiger partial charge on any atom is -0.454 e. The van der Waals surface area contributed by atoms with Crippen molar-refractivity contribution in [3.8, 4) is 17.3 Å².